The molecule has 3 nitrogen and oxygen atoms in total. The smallest absolute Gasteiger partial charge is 0.220 e. The summed E-state index contributed by atoms with van der Waals surface area (Å²) in [5, 5.41) is 12.2. The van der Waals surface area contributed by atoms with Gasteiger partial charge in [-0.15, -0.1) is 0 Å². The summed E-state index contributed by atoms with van der Waals surface area (Å²) in [5.41, 5.74) is 0. The lowest BCUT2D eigenvalue weighted by atomic mass is 10.1. The molecule has 0 aromatic rings. The van der Waals surface area contributed by atoms with E-state index in [0.717, 1.165) is 32.1 Å². The largest absolute Gasteiger partial charge is 0.394 e. The highest BCUT2D eigenvalue weighted by Crippen LogP contribution is 2.10. The lowest BCUT2D eigenvalue weighted by molar-refractivity contribution is -0.122. The van der Waals surface area contributed by atoms with Gasteiger partial charge in [-0.1, -0.05) is 78.1 Å². The molecule has 0 rings (SSSR count). The number of carbonyl (C=O) groups is 1. The van der Waals surface area contributed by atoms with Crippen LogP contribution in [0.4, 0.5) is 0 Å². The van der Waals surface area contributed by atoms with Crippen LogP contribution < -0.4 is 5.32 Å². The summed E-state index contributed by atoms with van der Waals surface area (Å²) in [4.78, 5) is 11.8. The zero-order valence-corrected chi connectivity index (χ0v) is 14.3. The Morgan fingerprint density at radius 1 is 0.857 bits per heavy atom. The highest BCUT2D eigenvalue weighted by Gasteiger charge is 2.10. The fraction of sp³-hybridized carbons (Fsp3) is 0.944. The third-order valence-corrected chi connectivity index (χ3v) is 4.00. The van der Waals surface area contributed by atoms with Crippen molar-refractivity contribution >= 4 is 5.91 Å². The average molecular weight is 299 g/mol. The van der Waals surface area contributed by atoms with E-state index in [2.05, 4.69) is 19.2 Å². The second-order valence-electron chi connectivity index (χ2n) is 6.17. The summed E-state index contributed by atoms with van der Waals surface area (Å²) in [7, 11) is 0. The van der Waals surface area contributed by atoms with Crippen molar-refractivity contribution in [3.63, 3.8) is 0 Å². The van der Waals surface area contributed by atoms with Crippen molar-refractivity contribution in [2.24, 2.45) is 0 Å². The van der Waals surface area contributed by atoms with Crippen LogP contribution in [0.1, 0.15) is 97.3 Å². The molecule has 0 bridgehead atoms. The van der Waals surface area contributed by atoms with Crippen LogP contribution in [-0.2, 0) is 4.79 Å². The Hall–Kier alpha value is -0.570. The summed E-state index contributed by atoms with van der Waals surface area (Å²) < 4.78 is 0. The van der Waals surface area contributed by atoms with E-state index in [9.17, 15) is 9.90 Å². The quantitative estimate of drug-likeness (QED) is 0.435. The maximum Gasteiger partial charge on any atom is 0.220 e. The van der Waals surface area contributed by atoms with Crippen molar-refractivity contribution in [1.82, 2.24) is 5.32 Å². The Kier molecular flexibility index (Phi) is 15.4. The van der Waals surface area contributed by atoms with Crippen molar-refractivity contribution in [2.45, 2.75) is 103 Å². The molecule has 0 heterocycles. The molecule has 0 aliphatic heterocycles. The summed E-state index contributed by atoms with van der Waals surface area (Å²) in [6.07, 6.45) is 15.1. The van der Waals surface area contributed by atoms with Crippen molar-refractivity contribution in [3.8, 4) is 0 Å². The topological polar surface area (TPSA) is 49.3 Å². The minimum atomic E-state index is -0.0454. The number of unbranched alkanes of at least 4 members (excludes halogenated alkanes) is 9. The molecule has 0 saturated carbocycles. The van der Waals surface area contributed by atoms with E-state index in [0.29, 0.717) is 6.42 Å². The zero-order chi connectivity index (χ0) is 15.8. The molecular weight excluding hydrogens is 262 g/mol. The lowest BCUT2D eigenvalue weighted by Gasteiger charge is -2.15. The minimum Gasteiger partial charge on any atom is -0.394 e. The highest BCUT2D eigenvalue weighted by molar-refractivity contribution is 5.76. The van der Waals surface area contributed by atoms with Gasteiger partial charge in [0.05, 0.1) is 12.6 Å². The number of rotatable bonds is 15. The fourth-order valence-electron chi connectivity index (χ4n) is 2.56. The Morgan fingerprint density at radius 2 is 1.38 bits per heavy atom. The number of aliphatic hydroxyl groups is 1. The molecule has 0 radical (unpaired) electrons. The maximum absolute atomic E-state index is 11.8. The molecule has 0 aliphatic carbocycles. The van der Waals surface area contributed by atoms with Gasteiger partial charge < -0.3 is 10.4 Å². The summed E-state index contributed by atoms with van der Waals surface area (Å²) >= 11 is 0. The Balaban J connectivity index is 3.40. The fourth-order valence-corrected chi connectivity index (χ4v) is 2.56. The molecule has 2 N–H and O–H groups in total. The number of carbonyl (C=O) groups excluding carboxylic acids is 1. The van der Waals surface area contributed by atoms with Gasteiger partial charge in [0.25, 0.3) is 0 Å². The number of nitrogens with one attached hydrogen (secondary N) is 1. The van der Waals surface area contributed by atoms with Crippen LogP contribution in [0.2, 0.25) is 0 Å². The molecule has 3 heteroatoms. The third-order valence-electron chi connectivity index (χ3n) is 4.00. The Bertz CT molecular complexity index is 231. The lowest BCUT2D eigenvalue weighted by Crippen LogP contribution is -2.37. The van der Waals surface area contributed by atoms with Crippen LogP contribution in [0.3, 0.4) is 0 Å². The van der Waals surface area contributed by atoms with E-state index in [1.165, 1.54) is 44.9 Å². The molecule has 126 valence electrons. The van der Waals surface area contributed by atoms with Gasteiger partial charge in [0.15, 0.2) is 0 Å². The standard InChI is InChI=1S/C18H37NO2/c1-3-5-7-8-9-10-11-12-13-15-18(21)19-17(16-20)14-6-4-2/h17,20H,3-16H2,1-2H3,(H,19,21). The van der Waals surface area contributed by atoms with Crippen LogP contribution in [0, 0.1) is 0 Å². The second-order valence-corrected chi connectivity index (χ2v) is 6.17. The van der Waals surface area contributed by atoms with Crippen LogP contribution in [0.5, 0.6) is 0 Å². The summed E-state index contributed by atoms with van der Waals surface area (Å²) in [6.45, 7) is 4.43. The van der Waals surface area contributed by atoms with Gasteiger partial charge in [0.1, 0.15) is 0 Å². The molecule has 1 atom stereocenters. The Labute approximate surface area is 131 Å². The second kappa shape index (κ2) is 15.8. The van der Waals surface area contributed by atoms with Crippen LogP contribution in [0.15, 0.2) is 0 Å². The van der Waals surface area contributed by atoms with Crippen molar-refractivity contribution < 1.29 is 9.90 Å². The molecule has 0 spiro atoms. The average Bonchev–Trinajstić information content (AvgIpc) is 2.49. The molecule has 0 fully saturated rings. The van der Waals surface area contributed by atoms with Crippen molar-refractivity contribution in [3.05, 3.63) is 0 Å². The van der Waals surface area contributed by atoms with Gasteiger partial charge in [-0.3, -0.25) is 4.79 Å². The van der Waals surface area contributed by atoms with Crippen LogP contribution in [-0.4, -0.2) is 23.7 Å². The van der Waals surface area contributed by atoms with Gasteiger partial charge in [-0.05, 0) is 12.8 Å². The molecule has 0 saturated heterocycles. The number of hydrogen-bond donors (Lipinski definition) is 2. The predicted octanol–water partition coefficient (Wildman–Crippen LogP) is 4.57. The normalized spacial score (nSPS) is 12.3. The summed E-state index contributed by atoms with van der Waals surface area (Å²) in [5.74, 6) is 0.105. The van der Waals surface area contributed by atoms with Crippen molar-refractivity contribution in [2.75, 3.05) is 6.61 Å². The van der Waals surface area contributed by atoms with E-state index in [4.69, 9.17) is 0 Å². The molecule has 0 aromatic heterocycles. The highest BCUT2D eigenvalue weighted by atomic mass is 16.3. The zero-order valence-electron chi connectivity index (χ0n) is 14.3. The van der Waals surface area contributed by atoms with Gasteiger partial charge >= 0.3 is 0 Å². The molecule has 1 amide bonds. The van der Waals surface area contributed by atoms with Gasteiger partial charge in [-0.25, -0.2) is 0 Å². The van der Waals surface area contributed by atoms with Crippen molar-refractivity contribution in [1.29, 1.82) is 0 Å². The molecular formula is C18H37NO2. The minimum absolute atomic E-state index is 0.0454. The van der Waals surface area contributed by atoms with E-state index in [1.54, 1.807) is 0 Å². The predicted molar refractivity (Wildman–Crippen MR) is 90.4 cm³/mol. The van der Waals surface area contributed by atoms with Gasteiger partial charge in [0, 0.05) is 6.42 Å². The molecule has 1 unspecified atom stereocenters. The first-order valence-electron chi connectivity index (χ1n) is 9.14. The molecule has 0 aliphatic rings. The SMILES string of the molecule is CCCCCCCCCCCC(=O)NC(CO)CCCC. The number of hydrogen-bond acceptors (Lipinski definition) is 2. The van der Waals surface area contributed by atoms with Gasteiger partial charge in [-0.2, -0.15) is 0 Å². The first-order valence-corrected chi connectivity index (χ1v) is 9.14. The molecule has 0 aromatic carbocycles. The number of aliphatic hydroxyl groups excluding tert-OH is 1. The molecule has 21 heavy (non-hydrogen) atoms. The van der Waals surface area contributed by atoms with Crippen LogP contribution in [0.25, 0.3) is 0 Å². The van der Waals surface area contributed by atoms with Crippen LogP contribution >= 0.6 is 0 Å². The third kappa shape index (κ3) is 14.1. The maximum atomic E-state index is 11.8. The summed E-state index contributed by atoms with van der Waals surface area (Å²) in [6, 6.07) is -0.0454. The number of amides is 1. The van der Waals surface area contributed by atoms with E-state index < -0.39 is 0 Å². The van der Waals surface area contributed by atoms with Gasteiger partial charge in [0.2, 0.25) is 5.91 Å². The van der Waals surface area contributed by atoms with E-state index in [1.807, 2.05) is 0 Å². The monoisotopic (exact) mass is 299 g/mol. The first-order chi connectivity index (χ1) is 10.2. The van der Waals surface area contributed by atoms with E-state index in [-0.39, 0.29) is 18.6 Å². The van der Waals surface area contributed by atoms with E-state index >= 15 is 0 Å². The first kappa shape index (κ1) is 20.4. The Morgan fingerprint density at radius 3 is 1.90 bits per heavy atom.